The van der Waals surface area contributed by atoms with Crippen molar-refractivity contribution in [1.82, 2.24) is 10.2 Å². The van der Waals surface area contributed by atoms with Crippen LogP contribution in [0.1, 0.15) is 38.5 Å². The summed E-state index contributed by atoms with van der Waals surface area (Å²) in [7, 11) is 0. The zero-order valence-corrected chi connectivity index (χ0v) is 14.7. The molecule has 3 rings (SSSR count). The zero-order chi connectivity index (χ0) is 17.5. The van der Waals surface area contributed by atoms with Gasteiger partial charge in [0.2, 0.25) is 11.8 Å². The van der Waals surface area contributed by atoms with Crippen LogP contribution in [-0.2, 0) is 9.59 Å². The first-order valence-corrected chi connectivity index (χ1v) is 9.37. The van der Waals surface area contributed by atoms with E-state index in [1.54, 1.807) is 0 Å². The average Bonchev–Trinajstić information content (AvgIpc) is 3.17. The minimum atomic E-state index is -0.0887. The van der Waals surface area contributed by atoms with Gasteiger partial charge in [-0.2, -0.15) is 0 Å². The minimum absolute atomic E-state index is 0.0100. The van der Waals surface area contributed by atoms with E-state index in [4.69, 9.17) is 0 Å². The Hall–Kier alpha value is -1.92. The molecule has 2 fully saturated rings. The highest BCUT2D eigenvalue weighted by atomic mass is 16.2. The van der Waals surface area contributed by atoms with E-state index in [1.807, 2.05) is 24.3 Å². The molecule has 2 aliphatic heterocycles. The summed E-state index contributed by atoms with van der Waals surface area (Å²) in [6, 6.07) is 7.22. The number of hydrogen-bond acceptors (Lipinski definition) is 4. The van der Waals surface area contributed by atoms with Crippen molar-refractivity contribution in [3.8, 4) is 0 Å². The maximum Gasteiger partial charge on any atom is 0.241 e. The van der Waals surface area contributed by atoms with Crippen molar-refractivity contribution in [1.29, 1.82) is 0 Å². The molecule has 0 saturated carbocycles. The molecule has 1 atom stereocenters. The van der Waals surface area contributed by atoms with E-state index in [0.717, 1.165) is 50.4 Å². The van der Waals surface area contributed by atoms with Gasteiger partial charge in [0.1, 0.15) is 0 Å². The number of carbonyl (C=O) groups is 2. The van der Waals surface area contributed by atoms with Gasteiger partial charge in [-0.3, -0.25) is 9.59 Å². The SMILES string of the molecule is O=C(CCN1CCCCC1)Nc1ccc(NC(=O)C2CCCN2)cc1. The van der Waals surface area contributed by atoms with Gasteiger partial charge in [0.05, 0.1) is 6.04 Å². The van der Waals surface area contributed by atoms with Gasteiger partial charge in [-0.05, 0) is 69.6 Å². The van der Waals surface area contributed by atoms with Crippen LogP contribution in [0, 0.1) is 0 Å². The topological polar surface area (TPSA) is 73.5 Å². The van der Waals surface area contributed by atoms with E-state index < -0.39 is 0 Å². The first-order chi connectivity index (χ1) is 12.2. The first kappa shape index (κ1) is 17.9. The Bertz CT molecular complexity index is 576. The molecule has 136 valence electrons. The Labute approximate surface area is 149 Å². The Morgan fingerprint density at radius 3 is 2.32 bits per heavy atom. The summed E-state index contributed by atoms with van der Waals surface area (Å²) in [6.45, 7) is 3.95. The van der Waals surface area contributed by atoms with Gasteiger partial charge >= 0.3 is 0 Å². The lowest BCUT2D eigenvalue weighted by molar-refractivity contribution is -0.118. The lowest BCUT2D eigenvalue weighted by Gasteiger charge is -2.25. The number of hydrogen-bond donors (Lipinski definition) is 3. The molecule has 0 aromatic heterocycles. The van der Waals surface area contributed by atoms with Crippen molar-refractivity contribution in [2.75, 3.05) is 36.8 Å². The van der Waals surface area contributed by atoms with Crippen LogP contribution in [0.15, 0.2) is 24.3 Å². The van der Waals surface area contributed by atoms with E-state index in [2.05, 4.69) is 20.9 Å². The predicted molar refractivity (Wildman–Crippen MR) is 99.6 cm³/mol. The number of anilines is 2. The Morgan fingerprint density at radius 2 is 1.68 bits per heavy atom. The normalized spacial score (nSPS) is 21.0. The number of nitrogens with one attached hydrogen (secondary N) is 3. The molecule has 0 spiro atoms. The Kier molecular flexibility index (Phi) is 6.42. The number of nitrogens with zero attached hydrogens (tertiary/aromatic N) is 1. The van der Waals surface area contributed by atoms with Gasteiger partial charge in [-0.1, -0.05) is 6.42 Å². The minimum Gasteiger partial charge on any atom is -0.326 e. The van der Waals surface area contributed by atoms with Gasteiger partial charge in [-0.15, -0.1) is 0 Å². The van der Waals surface area contributed by atoms with E-state index in [9.17, 15) is 9.59 Å². The quantitative estimate of drug-likeness (QED) is 0.740. The molecule has 2 saturated heterocycles. The Morgan fingerprint density at radius 1 is 1.00 bits per heavy atom. The summed E-state index contributed by atoms with van der Waals surface area (Å²) in [6.07, 6.45) is 6.24. The molecule has 0 bridgehead atoms. The standard InChI is InChI=1S/C19H28N4O2/c24-18(10-14-23-12-2-1-3-13-23)21-15-6-8-16(9-7-15)22-19(25)17-5-4-11-20-17/h6-9,17,20H,1-5,10-14H2,(H,21,24)(H,22,25). The van der Waals surface area contributed by atoms with E-state index in [1.165, 1.54) is 19.3 Å². The molecule has 25 heavy (non-hydrogen) atoms. The largest absolute Gasteiger partial charge is 0.326 e. The third-order valence-electron chi connectivity index (χ3n) is 4.92. The van der Waals surface area contributed by atoms with Crippen molar-refractivity contribution in [3.63, 3.8) is 0 Å². The molecule has 3 N–H and O–H groups in total. The molecule has 6 heteroatoms. The van der Waals surface area contributed by atoms with Crippen LogP contribution in [-0.4, -0.2) is 48.9 Å². The summed E-state index contributed by atoms with van der Waals surface area (Å²) in [4.78, 5) is 26.5. The highest BCUT2D eigenvalue weighted by molar-refractivity contribution is 5.95. The van der Waals surface area contributed by atoms with Crippen LogP contribution in [0.25, 0.3) is 0 Å². The van der Waals surface area contributed by atoms with Gasteiger partial charge in [-0.25, -0.2) is 0 Å². The average molecular weight is 344 g/mol. The zero-order valence-electron chi connectivity index (χ0n) is 14.7. The fraction of sp³-hybridized carbons (Fsp3) is 0.579. The van der Waals surface area contributed by atoms with Crippen molar-refractivity contribution < 1.29 is 9.59 Å². The van der Waals surface area contributed by atoms with Crippen molar-refractivity contribution in [2.24, 2.45) is 0 Å². The first-order valence-electron chi connectivity index (χ1n) is 9.37. The summed E-state index contributed by atoms with van der Waals surface area (Å²) in [5.74, 6) is 0.0494. The van der Waals surface area contributed by atoms with Crippen LogP contribution in [0.3, 0.4) is 0 Å². The monoisotopic (exact) mass is 344 g/mol. The Balaban J connectivity index is 1.42. The van der Waals surface area contributed by atoms with Crippen LogP contribution < -0.4 is 16.0 Å². The van der Waals surface area contributed by atoms with Crippen molar-refractivity contribution in [3.05, 3.63) is 24.3 Å². The fourth-order valence-corrected chi connectivity index (χ4v) is 3.44. The van der Waals surface area contributed by atoms with Gasteiger partial charge in [0.15, 0.2) is 0 Å². The molecule has 6 nitrogen and oxygen atoms in total. The molecular weight excluding hydrogens is 316 g/mol. The van der Waals surface area contributed by atoms with E-state index >= 15 is 0 Å². The van der Waals surface area contributed by atoms with Gasteiger partial charge < -0.3 is 20.9 Å². The third-order valence-corrected chi connectivity index (χ3v) is 4.92. The maximum absolute atomic E-state index is 12.1. The second kappa shape index (κ2) is 8.97. The fourth-order valence-electron chi connectivity index (χ4n) is 3.44. The van der Waals surface area contributed by atoms with Gasteiger partial charge in [0.25, 0.3) is 0 Å². The molecule has 0 radical (unpaired) electrons. The second-order valence-corrected chi connectivity index (χ2v) is 6.92. The van der Waals surface area contributed by atoms with Crippen LogP contribution in [0.5, 0.6) is 0 Å². The van der Waals surface area contributed by atoms with Crippen LogP contribution >= 0.6 is 0 Å². The molecule has 1 aromatic carbocycles. The number of rotatable bonds is 6. The summed E-state index contributed by atoms with van der Waals surface area (Å²) in [5, 5.41) is 9.02. The van der Waals surface area contributed by atoms with Crippen molar-refractivity contribution >= 4 is 23.2 Å². The maximum atomic E-state index is 12.1. The van der Waals surface area contributed by atoms with Gasteiger partial charge in [0, 0.05) is 24.3 Å². The summed E-state index contributed by atoms with van der Waals surface area (Å²) >= 11 is 0. The molecule has 2 aliphatic rings. The van der Waals surface area contributed by atoms with Crippen LogP contribution in [0.2, 0.25) is 0 Å². The number of amides is 2. The lowest BCUT2D eigenvalue weighted by Crippen LogP contribution is -2.35. The second-order valence-electron chi connectivity index (χ2n) is 6.92. The smallest absolute Gasteiger partial charge is 0.241 e. The lowest BCUT2D eigenvalue weighted by atomic mass is 10.1. The molecule has 2 amide bonds. The highest BCUT2D eigenvalue weighted by Crippen LogP contribution is 2.16. The highest BCUT2D eigenvalue weighted by Gasteiger charge is 2.21. The number of piperidine rings is 1. The van der Waals surface area contributed by atoms with E-state index in [0.29, 0.717) is 6.42 Å². The number of likely N-dealkylation sites (tertiary alicyclic amines) is 1. The number of carbonyl (C=O) groups excluding carboxylic acids is 2. The predicted octanol–water partition coefficient (Wildman–Crippen LogP) is 2.19. The molecule has 1 unspecified atom stereocenters. The molecular formula is C19H28N4O2. The summed E-state index contributed by atoms with van der Waals surface area (Å²) in [5.41, 5.74) is 1.52. The summed E-state index contributed by atoms with van der Waals surface area (Å²) < 4.78 is 0. The molecule has 0 aliphatic carbocycles. The van der Waals surface area contributed by atoms with Crippen LogP contribution in [0.4, 0.5) is 11.4 Å². The molecule has 1 aromatic rings. The third kappa shape index (κ3) is 5.54. The van der Waals surface area contributed by atoms with E-state index in [-0.39, 0.29) is 17.9 Å². The number of benzene rings is 1. The molecule has 2 heterocycles. The van der Waals surface area contributed by atoms with Crippen molar-refractivity contribution in [2.45, 2.75) is 44.6 Å².